The molecule has 2 nitrogen and oxygen atoms in total. The summed E-state index contributed by atoms with van der Waals surface area (Å²) in [6, 6.07) is 6.42. The fourth-order valence-corrected chi connectivity index (χ4v) is 1.94. The molecule has 0 saturated carbocycles. The third-order valence-corrected chi connectivity index (χ3v) is 2.71. The summed E-state index contributed by atoms with van der Waals surface area (Å²) in [7, 11) is 1.69. The SMILES string of the molecule is COc1ccc2c(c1)C(N)CCC2. The summed E-state index contributed by atoms with van der Waals surface area (Å²) < 4.78 is 5.17. The van der Waals surface area contributed by atoms with E-state index in [1.807, 2.05) is 6.07 Å². The molecule has 0 radical (unpaired) electrons. The topological polar surface area (TPSA) is 35.2 Å². The standard InChI is InChI=1S/C11H15NO/c1-13-9-6-5-8-3-2-4-11(12)10(8)7-9/h5-7,11H,2-4,12H2,1H3. The molecule has 1 aromatic rings. The molecule has 0 spiro atoms. The number of benzene rings is 1. The lowest BCUT2D eigenvalue weighted by Gasteiger charge is -2.22. The molecular weight excluding hydrogens is 162 g/mol. The minimum absolute atomic E-state index is 0.207. The highest BCUT2D eigenvalue weighted by Crippen LogP contribution is 2.30. The van der Waals surface area contributed by atoms with E-state index in [0.29, 0.717) is 0 Å². The summed E-state index contributed by atoms with van der Waals surface area (Å²) in [4.78, 5) is 0. The molecule has 0 amide bonds. The molecule has 0 aromatic heterocycles. The van der Waals surface area contributed by atoms with E-state index in [-0.39, 0.29) is 6.04 Å². The molecule has 0 heterocycles. The van der Waals surface area contributed by atoms with Crippen molar-refractivity contribution in [1.82, 2.24) is 0 Å². The number of hydrogen-bond acceptors (Lipinski definition) is 2. The summed E-state index contributed by atoms with van der Waals surface area (Å²) in [6.45, 7) is 0. The van der Waals surface area contributed by atoms with E-state index in [1.54, 1.807) is 7.11 Å². The van der Waals surface area contributed by atoms with Crippen molar-refractivity contribution in [1.29, 1.82) is 0 Å². The Labute approximate surface area is 78.7 Å². The third kappa shape index (κ3) is 1.54. The van der Waals surface area contributed by atoms with Gasteiger partial charge in [0.2, 0.25) is 0 Å². The molecule has 0 bridgehead atoms. The Morgan fingerprint density at radius 3 is 3.08 bits per heavy atom. The van der Waals surface area contributed by atoms with Gasteiger partial charge in [0.05, 0.1) is 7.11 Å². The number of nitrogens with two attached hydrogens (primary N) is 1. The molecule has 1 aliphatic carbocycles. The van der Waals surface area contributed by atoms with Crippen molar-refractivity contribution in [2.75, 3.05) is 7.11 Å². The van der Waals surface area contributed by atoms with Crippen LogP contribution in [0.5, 0.6) is 5.75 Å². The van der Waals surface area contributed by atoms with Gasteiger partial charge in [-0.3, -0.25) is 0 Å². The predicted octanol–water partition coefficient (Wildman–Crippen LogP) is 2.03. The van der Waals surface area contributed by atoms with Gasteiger partial charge in [-0.2, -0.15) is 0 Å². The number of rotatable bonds is 1. The van der Waals surface area contributed by atoms with Gasteiger partial charge < -0.3 is 10.5 Å². The highest BCUT2D eigenvalue weighted by Gasteiger charge is 2.16. The van der Waals surface area contributed by atoms with Crippen LogP contribution in [0, 0.1) is 0 Å². The van der Waals surface area contributed by atoms with Crippen LogP contribution < -0.4 is 10.5 Å². The van der Waals surface area contributed by atoms with E-state index in [2.05, 4.69) is 12.1 Å². The van der Waals surface area contributed by atoms with Gasteiger partial charge in [-0.25, -0.2) is 0 Å². The number of hydrogen-bond donors (Lipinski definition) is 1. The van der Waals surface area contributed by atoms with E-state index in [1.165, 1.54) is 17.5 Å². The van der Waals surface area contributed by atoms with E-state index in [0.717, 1.165) is 18.6 Å². The summed E-state index contributed by atoms with van der Waals surface area (Å²) in [5.74, 6) is 0.913. The predicted molar refractivity (Wildman–Crippen MR) is 52.9 cm³/mol. The maximum atomic E-state index is 6.01. The number of aryl methyl sites for hydroxylation is 1. The zero-order chi connectivity index (χ0) is 9.26. The van der Waals surface area contributed by atoms with Crippen molar-refractivity contribution in [2.24, 2.45) is 5.73 Å². The van der Waals surface area contributed by atoms with Crippen LogP contribution in [0.3, 0.4) is 0 Å². The van der Waals surface area contributed by atoms with Crippen LogP contribution in [0.4, 0.5) is 0 Å². The van der Waals surface area contributed by atoms with Crippen LogP contribution in [0.1, 0.15) is 30.0 Å². The molecule has 2 N–H and O–H groups in total. The van der Waals surface area contributed by atoms with Gasteiger partial charge in [0.1, 0.15) is 5.75 Å². The number of ether oxygens (including phenoxy) is 1. The second kappa shape index (κ2) is 3.38. The fourth-order valence-electron chi connectivity index (χ4n) is 1.94. The first-order valence-electron chi connectivity index (χ1n) is 4.73. The van der Waals surface area contributed by atoms with Crippen molar-refractivity contribution in [3.05, 3.63) is 29.3 Å². The third-order valence-electron chi connectivity index (χ3n) is 2.71. The van der Waals surface area contributed by atoms with Crippen LogP contribution in [0.25, 0.3) is 0 Å². The van der Waals surface area contributed by atoms with Crippen LogP contribution in [0.2, 0.25) is 0 Å². The number of methoxy groups -OCH3 is 1. The van der Waals surface area contributed by atoms with Gasteiger partial charge in [0.25, 0.3) is 0 Å². The fraction of sp³-hybridized carbons (Fsp3) is 0.455. The van der Waals surface area contributed by atoms with E-state index < -0.39 is 0 Å². The van der Waals surface area contributed by atoms with E-state index >= 15 is 0 Å². The molecule has 2 heteroatoms. The summed E-state index contributed by atoms with van der Waals surface area (Å²) in [5.41, 5.74) is 8.67. The first-order chi connectivity index (χ1) is 6.31. The summed E-state index contributed by atoms with van der Waals surface area (Å²) in [5, 5.41) is 0. The van der Waals surface area contributed by atoms with Gasteiger partial charge in [-0.05, 0) is 42.5 Å². The van der Waals surface area contributed by atoms with Crippen molar-refractivity contribution in [2.45, 2.75) is 25.3 Å². The van der Waals surface area contributed by atoms with E-state index in [4.69, 9.17) is 10.5 Å². The first-order valence-corrected chi connectivity index (χ1v) is 4.73. The Morgan fingerprint density at radius 2 is 2.31 bits per heavy atom. The summed E-state index contributed by atoms with van der Waals surface area (Å²) >= 11 is 0. The molecule has 13 heavy (non-hydrogen) atoms. The van der Waals surface area contributed by atoms with Gasteiger partial charge in [-0.1, -0.05) is 6.07 Å². The largest absolute Gasteiger partial charge is 0.497 e. The molecule has 1 aromatic carbocycles. The molecule has 1 aliphatic rings. The second-order valence-electron chi connectivity index (χ2n) is 3.56. The smallest absolute Gasteiger partial charge is 0.119 e. The van der Waals surface area contributed by atoms with Gasteiger partial charge >= 0.3 is 0 Å². The average Bonchev–Trinajstić information content (AvgIpc) is 2.18. The van der Waals surface area contributed by atoms with Crippen LogP contribution in [-0.4, -0.2) is 7.11 Å². The second-order valence-corrected chi connectivity index (χ2v) is 3.56. The maximum Gasteiger partial charge on any atom is 0.119 e. The van der Waals surface area contributed by atoms with Gasteiger partial charge in [-0.15, -0.1) is 0 Å². The lowest BCUT2D eigenvalue weighted by atomic mass is 9.88. The van der Waals surface area contributed by atoms with Crippen molar-refractivity contribution >= 4 is 0 Å². The Kier molecular flexibility index (Phi) is 2.23. The lowest BCUT2D eigenvalue weighted by Crippen LogP contribution is -2.17. The van der Waals surface area contributed by atoms with E-state index in [9.17, 15) is 0 Å². The molecule has 70 valence electrons. The zero-order valence-electron chi connectivity index (χ0n) is 7.92. The maximum absolute atomic E-state index is 6.01. The summed E-state index contributed by atoms with van der Waals surface area (Å²) in [6.07, 6.45) is 3.47. The first kappa shape index (κ1) is 8.57. The zero-order valence-corrected chi connectivity index (χ0v) is 7.92. The minimum atomic E-state index is 0.207. The monoisotopic (exact) mass is 177 g/mol. The van der Waals surface area contributed by atoms with Crippen LogP contribution in [0.15, 0.2) is 18.2 Å². The Hall–Kier alpha value is -1.02. The molecule has 1 unspecified atom stereocenters. The Morgan fingerprint density at radius 1 is 1.46 bits per heavy atom. The van der Waals surface area contributed by atoms with Crippen LogP contribution in [-0.2, 0) is 6.42 Å². The molecule has 0 aliphatic heterocycles. The highest BCUT2D eigenvalue weighted by atomic mass is 16.5. The van der Waals surface area contributed by atoms with Crippen LogP contribution >= 0.6 is 0 Å². The van der Waals surface area contributed by atoms with Gasteiger partial charge in [0.15, 0.2) is 0 Å². The molecule has 0 saturated heterocycles. The van der Waals surface area contributed by atoms with Crippen molar-refractivity contribution in [3.8, 4) is 5.75 Å². The molecule has 1 atom stereocenters. The molecule has 0 fully saturated rings. The average molecular weight is 177 g/mol. The van der Waals surface area contributed by atoms with Gasteiger partial charge in [0, 0.05) is 6.04 Å². The van der Waals surface area contributed by atoms with Crippen molar-refractivity contribution < 1.29 is 4.74 Å². The van der Waals surface area contributed by atoms with Crippen molar-refractivity contribution in [3.63, 3.8) is 0 Å². The lowest BCUT2D eigenvalue weighted by molar-refractivity contribution is 0.412. The minimum Gasteiger partial charge on any atom is -0.497 e. The molecule has 2 rings (SSSR count). The normalized spacial score (nSPS) is 20.9. The highest BCUT2D eigenvalue weighted by molar-refractivity contribution is 5.38. The Bertz CT molecular complexity index is 309. The molecular formula is C11H15NO. The Balaban J connectivity index is 2.41. The number of fused-ring (bicyclic) bond motifs is 1. The quantitative estimate of drug-likeness (QED) is 0.712.